The van der Waals surface area contributed by atoms with Crippen molar-refractivity contribution in [2.75, 3.05) is 0 Å². The molecule has 0 amide bonds. The molecule has 0 bridgehead atoms. The Labute approximate surface area is 141 Å². The van der Waals surface area contributed by atoms with Crippen LogP contribution in [-0.2, 0) is 19.3 Å². The number of thiophene rings is 2. The fourth-order valence-electron chi connectivity index (χ4n) is 3.48. The molecule has 4 aromatic rings. The zero-order valence-electron chi connectivity index (χ0n) is 12.8. The van der Waals surface area contributed by atoms with Crippen molar-refractivity contribution in [3.05, 3.63) is 45.0 Å². The van der Waals surface area contributed by atoms with Crippen LogP contribution in [0.15, 0.2) is 23.8 Å². The molecule has 4 heterocycles. The summed E-state index contributed by atoms with van der Waals surface area (Å²) in [5.41, 5.74) is 2.45. The van der Waals surface area contributed by atoms with Crippen molar-refractivity contribution in [2.24, 2.45) is 5.92 Å². The van der Waals surface area contributed by atoms with E-state index in [0.717, 1.165) is 35.1 Å². The van der Waals surface area contributed by atoms with Crippen molar-refractivity contribution >= 4 is 38.5 Å². The second kappa shape index (κ2) is 5.11. The quantitative estimate of drug-likeness (QED) is 0.551. The van der Waals surface area contributed by atoms with Crippen molar-refractivity contribution in [1.29, 1.82) is 0 Å². The van der Waals surface area contributed by atoms with Gasteiger partial charge in [-0.2, -0.15) is 0 Å². The maximum absolute atomic E-state index is 4.71. The zero-order chi connectivity index (χ0) is 15.4. The third-order valence-corrected chi connectivity index (χ3v) is 6.76. The summed E-state index contributed by atoms with van der Waals surface area (Å²) in [5, 5.41) is 12.3. The monoisotopic (exact) mass is 340 g/mol. The first kappa shape index (κ1) is 13.6. The van der Waals surface area contributed by atoms with Crippen LogP contribution in [0.3, 0.4) is 0 Å². The summed E-state index contributed by atoms with van der Waals surface area (Å²) in [4.78, 5) is 8.63. The van der Waals surface area contributed by atoms with Gasteiger partial charge in [0.05, 0.1) is 5.39 Å². The first-order valence-electron chi connectivity index (χ1n) is 7.95. The van der Waals surface area contributed by atoms with E-state index in [1.807, 2.05) is 17.7 Å². The van der Waals surface area contributed by atoms with Gasteiger partial charge in [0.2, 0.25) is 0 Å². The minimum Gasteiger partial charge on any atom is -0.268 e. The van der Waals surface area contributed by atoms with Crippen molar-refractivity contribution in [1.82, 2.24) is 19.6 Å². The Hall–Kier alpha value is -1.79. The summed E-state index contributed by atoms with van der Waals surface area (Å²) < 4.78 is 2.08. The van der Waals surface area contributed by atoms with Gasteiger partial charge >= 0.3 is 0 Å². The average molecular weight is 340 g/mol. The molecule has 0 spiro atoms. The lowest BCUT2D eigenvalue weighted by atomic mass is 9.89. The molecule has 6 heteroatoms. The van der Waals surface area contributed by atoms with E-state index in [0.29, 0.717) is 0 Å². The summed E-state index contributed by atoms with van der Waals surface area (Å²) in [7, 11) is 0. The highest BCUT2D eigenvalue weighted by molar-refractivity contribution is 7.19. The maximum Gasteiger partial charge on any atom is 0.172 e. The van der Waals surface area contributed by atoms with Crippen LogP contribution in [0.4, 0.5) is 0 Å². The third-order valence-electron chi connectivity index (χ3n) is 4.68. The van der Waals surface area contributed by atoms with Crippen LogP contribution in [-0.4, -0.2) is 19.6 Å². The van der Waals surface area contributed by atoms with E-state index in [9.17, 15) is 0 Å². The number of rotatable bonds is 2. The molecular weight excluding hydrogens is 324 g/mol. The fraction of sp³-hybridized carbons (Fsp3) is 0.353. The number of nitrogens with zero attached hydrogens (tertiary/aromatic N) is 4. The average Bonchev–Trinajstić information content (AvgIpc) is 3.26. The standard InChI is InChI=1S/C17H16N4S2/c1-10-4-5-13-12(7-10)15-16-20-19-14(8-11-3-2-6-22-11)21(16)9-18-17(15)23-13/h2-3,6,9-10H,4-5,7-8H2,1H3. The predicted octanol–water partition coefficient (Wildman–Crippen LogP) is 4.12. The number of fused-ring (bicyclic) bond motifs is 5. The van der Waals surface area contributed by atoms with E-state index in [-0.39, 0.29) is 0 Å². The lowest BCUT2D eigenvalue weighted by molar-refractivity contribution is 0.508. The second-order valence-corrected chi connectivity index (χ2v) is 8.46. The highest BCUT2D eigenvalue weighted by Gasteiger charge is 2.23. The number of aromatic nitrogens is 4. The Morgan fingerprint density at radius 1 is 1.35 bits per heavy atom. The first-order valence-corrected chi connectivity index (χ1v) is 9.64. The van der Waals surface area contributed by atoms with Crippen LogP contribution in [0, 0.1) is 5.92 Å². The number of aryl methyl sites for hydroxylation is 1. The lowest BCUT2D eigenvalue weighted by Crippen LogP contribution is -2.09. The highest BCUT2D eigenvalue weighted by atomic mass is 32.1. The molecular formula is C17H16N4S2. The molecule has 1 atom stereocenters. The zero-order valence-corrected chi connectivity index (χ0v) is 14.5. The van der Waals surface area contributed by atoms with Gasteiger partial charge in [-0.3, -0.25) is 4.40 Å². The van der Waals surface area contributed by atoms with Gasteiger partial charge < -0.3 is 0 Å². The molecule has 116 valence electrons. The van der Waals surface area contributed by atoms with Gasteiger partial charge in [-0.05, 0) is 42.2 Å². The minimum atomic E-state index is 0.745. The largest absolute Gasteiger partial charge is 0.268 e. The topological polar surface area (TPSA) is 43.1 Å². The van der Waals surface area contributed by atoms with Crippen LogP contribution < -0.4 is 0 Å². The van der Waals surface area contributed by atoms with Crippen LogP contribution in [0.2, 0.25) is 0 Å². The van der Waals surface area contributed by atoms with E-state index in [2.05, 4.69) is 39.0 Å². The summed E-state index contributed by atoms with van der Waals surface area (Å²) in [6.45, 7) is 2.34. The second-order valence-electron chi connectivity index (χ2n) is 6.34. The molecule has 0 fully saturated rings. The molecule has 1 unspecified atom stereocenters. The van der Waals surface area contributed by atoms with E-state index in [4.69, 9.17) is 4.98 Å². The molecule has 0 N–H and O–H groups in total. The molecule has 23 heavy (non-hydrogen) atoms. The molecule has 0 saturated carbocycles. The summed E-state index contributed by atoms with van der Waals surface area (Å²) in [6, 6.07) is 4.22. The van der Waals surface area contributed by atoms with E-state index >= 15 is 0 Å². The Balaban J connectivity index is 1.71. The molecule has 1 aliphatic rings. The van der Waals surface area contributed by atoms with Crippen molar-refractivity contribution in [2.45, 2.75) is 32.6 Å². The molecule has 4 nitrogen and oxygen atoms in total. The fourth-order valence-corrected chi connectivity index (χ4v) is 5.36. The summed E-state index contributed by atoms with van der Waals surface area (Å²) in [5.74, 6) is 1.72. The molecule has 0 saturated heterocycles. The van der Waals surface area contributed by atoms with Crippen LogP contribution in [0.25, 0.3) is 15.9 Å². The number of hydrogen-bond acceptors (Lipinski definition) is 5. The van der Waals surface area contributed by atoms with Gasteiger partial charge in [0.1, 0.15) is 17.0 Å². The molecule has 0 aromatic carbocycles. The normalized spacial score (nSPS) is 17.9. The smallest absolute Gasteiger partial charge is 0.172 e. The Morgan fingerprint density at radius 2 is 2.30 bits per heavy atom. The SMILES string of the molecule is CC1CCc2sc3ncn4c(Cc5cccs5)nnc4c3c2C1. The maximum atomic E-state index is 4.71. The lowest BCUT2D eigenvalue weighted by Gasteiger charge is -2.17. The van der Waals surface area contributed by atoms with Crippen LogP contribution >= 0.6 is 22.7 Å². The van der Waals surface area contributed by atoms with Gasteiger partial charge in [-0.15, -0.1) is 32.9 Å². The van der Waals surface area contributed by atoms with Gasteiger partial charge in [-0.25, -0.2) is 4.98 Å². The molecule has 0 aliphatic heterocycles. The predicted molar refractivity (Wildman–Crippen MR) is 94.5 cm³/mol. The molecule has 5 rings (SSSR count). The Bertz CT molecular complexity index is 997. The van der Waals surface area contributed by atoms with Crippen molar-refractivity contribution in [3.8, 4) is 0 Å². The minimum absolute atomic E-state index is 0.745. The molecule has 0 radical (unpaired) electrons. The summed E-state index contributed by atoms with van der Waals surface area (Å²) in [6.07, 6.45) is 6.32. The van der Waals surface area contributed by atoms with Gasteiger partial charge in [-0.1, -0.05) is 13.0 Å². The molecule has 1 aliphatic carbocycles. The van der Waals surface area contributed by atoms with Gasteiger partial charge in [0.25, 0.3) is 0 Å². The van der Waals surface area contributed by atoms with Gasteiger partial charge in [0.15, 0.2) is 5.65 Å². The van der Waals surface area contributed by atoms with E-state index in [1.54, 1.807) is 11.3 Å². The molecule has 4 aromatic heterocycles. The highest BCUT2D eigenvalue weighted by Crippen LogP contribution is 2.38. The van der Waals surface area contributed by atoms with Crippen LogP contribution in [0.1, 0.15) is 34.5 Å². The number of hydrogen-bond donors (Lipinski definition) is 0. The van der Waals surface area contributed by atoms with Crippen LogP contribution in [0.5, 0.6) is 0 Å². The third kappa shape index (κ3) is 2.12. The van der Waals surface area contributed by atoms with Crippen molar-refractivity contribution in [3.63, 3.8) is 0 Å². The first-order chi connectivity index (χ1) is 11.3. The Morgan fingerprint density at radius 3 is 3.17 bits per heavy atom. The van der Waals surface area contributed by atoms with E-state index in [1.165, 1.54) is 33.5 Å². The Kier molecular flexibility index (Phi) is 3.03. The van der Waals surface area contributed by atoms with E-state index < -0.39 is 0 Å². The van der Waals surface area contributed by atoms with Gasteiger partial charge in [0, 0.05) is 16.2 Å². The van der Waals surface area contributed by atoms with Crippen molar-refractivity contribution < 1.29 is 0 Å². The summed E-state index contributed by atoms with van der Waals surface area (Å²) >= 11 is 3.60.